The predicted molar refractivity (Wildman–Crippen MR) is 62.3 cm³/mol. The van der Waals surface area contributed by atoms with Crippen LogP contribution in [0, 0.1) is 5.92 Å². The number of ether oxygens (including phenoxy) is 1. The molecule has 1 fully saturated rings. The SMILES string of the molecule is NCC(=O)Nc1ccc(OCC2CC2)cc1. The molecule has 0 aliphatic heterocycles. The molecule has 4 nitrogen and oxygen atoms in total. The Morgan fingerprint density at radius 1 is 1.38 bits per heavy atom. The molecule has 0 unspecified atom stereocenters. The maximum atomic E-state index is 11.0. The molecule has 0 bridgehead atoms. The Morgan fingerprint density at radius 2 is 2.06 bits per heavy atom. The minimum atomic E-state index is -0.188. The molecule has 1 aliphatic rings. The molecule has 16 heavy (non-hydrogen) atoms. The zero-order valence-electron chi connectivity index (χ0n) is 9.11. The van der Waals surface area contributed by atoms with E-state index in [1.807, 2.05) is 24.3 Å². The third kappa shape index (κ3) is 3.24. The molecule has 1 amide bonds. The lowest BCUT2D eigenvalue weighted by Gasteiger charge is -2.07. The zero-order valence-corrected chi connectivity index (χ0v) is 9.11. The number of nitrogens with two attached hydrogens (primary N) is 1. The van der Waals surface area contributed by atoms with Gasteiger partial charge in [-0.25, -0.2) is 0 Å². The number of anilines is 1. The first-order chi connectivity index (χ1) is 7.78. The molecule has 1 saturated carbocycles. The van der Waals surface area contributed by atoms with Crippen molar-refractivity contribution in [2.75, 3.05) is 18.5 Å². The molecule has 0 aromatic heterocycles. The van der Waals surface area contributed by atoms with E-state index in [2.05, 4.69) is 5.32 Å². The number of carbonyl (C=O) groups is 1. The van der Waals surface area contributed by atoms with Crippen LogP contribution in [-0.4, -0.2) is 19.1 Å². The van der Waals surface area contributed by atoms with Crippen molar-refractivity contribution in [2.45, 2.75) is 12.8 Å². The summed E-state index contributed by atoms with van der Waals surface area (Å²) in [6, 6.07) is 7.34. The highest BCUT2D eigenvalue weighted by Crippen LogP contribution is 2.29. The van der Waals surface area contributed by atoms with Gasteiger partial charge in [0, 0.05) is 5.69 Å². The summed E-state index contributed by atoms with van der Waals surface area (Å²) in [7, 11) is 0. The summed E-state index contributed by atoms with van der Waals surface area (Å²) in [6.07, 6.45) is 2.56. The molecule has 0 atom stereocenters. The summed E-state index contributed by atoms with van der Waals surface area (Å²) in [5.41, 5.74) is 5.95. The van der Waals surface area contributed by atoms with Crippen LogP contribution in [0.1, 0.15) is 12.8 Å². The van der Waals surface area contributed by atoms with Crippen molar-refractivity contribution in [3.8, 4) is 5.75 Å². The second kappa shape index (κ2) is 4.99. The van der Waals surface area contributed by atoms with Crippen molar-refractivity contribution in [3.63, 3.8) is 0 Å². The average molecular weight is 220 g/mol. The van der Waals surface area contributed by atoms with Crippen molar-refractivity contribution in [1.29, 1.82) is 0 Å². The Balaban J connectivity index is 1.85. The van der Waals surface area contributed by atoms with Gasteiger partial charge in [-0.05, 0) is 43.0 Å². The van der Waals surface area contributed by atoms with E-state index in [1.165, 1.54) is 12.8 Å². The van der Waals surface area contributed by atoms with Gasteiger partial charge < -0.3 is 15.8 Å². The first-order valence-corrected chi connectivity index (χ1v) is 5.50. The molecule has 0 spiro atoms. The Hall–Kier alpha value is -1.55. The Bertz CT molecular complexity index is 358. The quantitative estimate of drug-likeness (QED) is 0.787. The van der Waals surface area contributed by atoms with E-state index in [0.29, 0.717) is 0 Å². The summed E-state index contributed by atoms with van der Waals surface area (Å²) in [6.45, 7) is 0.800. The van der Waals surface area contributed by atoms with E-state index < -0.39 is 0 Å². The van der Waals surface area contributed by atoms with Crippen LogP contribution in [0.25, 0.3) is 0 Å². The second-order valence-electron chi connectivity index (χ2n) is 4.03. The fraction of sp³-hybridized carbons (Fsp3) is 0.417. The molecule has 1 aromatic carbocycles. The monoisotopic (exact) mass is 220 g/mol. The van der Waals surface area contributed by atoms with Crippen LogP contribution in [0.15, 0.2) is 24.3 Å². The molecular formula is C12H16N2O2. The number of rotatable bonds is 5. The maximum Gasteiger partial charge on any atom is 0.238 e. The van der Waals surface area contributed by atoms with E-state index in [0.717, 1.165) is 24.0 Å². The second-order valence-corrected chi connectivity index (χ2v) is 4.03. The lowest BCUT2D eigenvalue weighted by atomic mass is 10.3. The van der Waals surface area contributed by atoms with Crippen molar-refractivity contribution >= 4 is 11.6 Å². The largest absolute Gasteiger partial charge is 0.493 e. The van der Waals surface area contributed by atoms with Gasteiger partial charge in [-0.2, -0.15) is 0 Å². The third-order valence-corrected chi connectivity index (χ3v) is 2.51. The minimum Gasteiger partial charge on any atom is -0.493 e. The molecule has 4 heteroatoms. The van der Waals surface area contributed by atoms with Crippen molar-refractivity contribution < 1.29 is 9.53 Å². The topological polar surface area (TPSA) is 64.4 Å². The first-order valence-electron chi connectivity index (χ1n) is 5.50. The molecule has 0 saturated heterocycles. The van der Waals surface area contributed by atoms with Crippen LogP contribution in [0.2, 0.25) is 0 Å². The van der Waals surface area contributed by atoms with E-state index in [1.54, 1.807) is 0 Å². The Labute approximate surface area is 94.8 Å². The van der Waals surface area contributed by atoms with Crippen LogP contribution < -0.4 is 15.8 Å². The lowest BCUT2D eigenvalue weighted by Crippen LogP contribution is -2.21. The third-order valence-electron chi connectivity index (χ3n) is 2.51. The van der Waals surface area contributed by atoms with Crippen molar-refractivity contribution in [3.05, 3.63) is 24.3 Å². The fourth-order valence-electron chi connectivity index (χ4n) is 1.35. The molecule has 2 rings (SSSR count). The van der Waals surface area contributed by atoms with Gasteiger partial charge in [0.25, 0.3) is 0 Å². The van der Waals surface area contributed by atoms with Gasteiger partial charge in [-0.1, -0.05) is 0 Å². The zero-order chi connectivity index (χ0) is 11.4. The highest BCUT2D eigenvalue weighted by atomic mass is 16.5. The van der Waals surface area contributed by atoms with Crippen LogP contribution in [0.3, 0.4) is 0 Å². The van der Waals surface area contributed by atoms with Gasteiger partial charge in [0.15, 0.2) is 0 Å². The average Bonchev–Trinajstić information content (AvgIpc) is 3.12. The standard InChI is InChI=1S/C12H16N2O2/c13-7-12(15)14-10-3-5-11(6-4-10)16-8-9-1-2-9/h3-6,9H,1-2,7-8,13H2,(H,14,15). The highest BCUT2D eigenvalue weighted by Gasteiger charge is 2.21. The number of carbonyl (C=O) groups excluding carboxylic acids is 1. The number of benzene rings is 1. The number of hydrogen-bond acceptors (Lipinski definition) is 3. The van der Waals surface area contributed by atoms with E-state index in [4.69, 9.17) is 10.5 Å². The minimum absolute atomic E-state index is 0.0000680. The summed E-state index contributed by atoms with van der Waals surface area (Å²) in [5, 5.41) is 2.68. The summed E-state index contributed by atoms with van der Waals surface area (Å²) in [5.74, 6) is 1.40. The van der Waals surface area contributed by atoms with Gasteiger partial charge in [0.05, 0.1) is 13.2 Å². The lowest BCUT2D eigenvalue weighted by molar-refractivity contribution is -0.114. The number of amides is 1. The molecule has 1 aromatic rings. The molecule has 3 N–H and O–H groups in total. The van der Waals surface area contributed by atoms with E-state index in [-0.39, 0.29) is 12.5 Å². The summed E-state index contributed by atoms with van der Waals surface area (Å²) in [4.78, 5) is 11.0. The highest BCUT2D eigenvalue weighted by molar-refractivity contribution is 5.92. The van der Waals surface area contributed by atoms with Crippen molar-refractivity contribution in [1.82, 2.24) is 0 Å². The maximum absolute atomic E-state index is 11.0. The smallest absolute Gasteiger partial charge is 0.238 e. The van der Waals surface area contributed by atoms with Crippen LogP contribution in [0.5, 0.6) is 5.75 Å². The van der Waals surface area contributed by atoms with E-state index in [9.17, 15) is 4.79 Å². The molecule has 86 valence electrons. The Kier molecular flexibility index (Phi) is 3.41. The first kappa shape index (κ1) is 11.0. The number of nitrogens with one attached hydrogen (secondary N) is 1. The van der Waals surface area contributed by atoms with Crippen LogP contribution >= 0.6 is 0 Å². The van der Waals surface area contributed by atoms with Gasteiger partial charge >= 0.3 is 0 Å². The summed E-state index contributed by atoms with van der Waals surface area (Å²) < 4.78 is 5.58. The van der Waals surface area contributed by atoms with Gasteiger partial charge in [0.1, 0.15) is 5.75 Å². The van der Waals surface area contributed by atoms with Crippen LogP contribution in [0.4, 0.5) is 5.69 Å². The molecule has 1 aliphatic carbocycles. The summed E-state index contributed by atoms with van der Waals surface area (Å²) >= 11 is 0. The molecule has 0 heterocycles. The van der Waals surface area contributed by atoms with Gasteiger partial charge in [0.2, 0.25) is 5.91 Å². The fourth-order valence-corrected chi connectivity index (χ4v) is 1.35. The number of hydrogen-bond donors (Lipinski definition) is 2. The predicted octanol–water partition coefficient (Wildman–Crippen LogP) is 1.37. The molecular weight excluding hydrogens is 204 g/mol. The molecule has 0 radical (unpaired) electrons. The van der Waals surface area contributed by atoms with Gasteiger partial charge in [-0.15, -0.1) is 0 Å². The van der Waals surface area contributed by atoms with Gasteiger partial charge in [-0.3, -0.25) is 4.79 Å². The van der Waals surface area contributed by atoms with Crippen molar-refractivity contribution in [2.24, 2.45) is 11.7 Å². The van der Waals surface area contributed by atoms with E-state index >= 15 is 0 Å². The van der Waals surface area contributed by atoms with Crippen LogP contribution in [-0.2, 0) is 4.79 Å². The Morgan fingerprint density at radius 3 is 2.62 bits per heavy atom. The normalized spacial score (nSPS) is 14.6.